The van der Waals surface area contributed by atoms with E-state index in [-0.39, 0.29) is 42.2 Å². The van der Waals surface area contributed by atoms with Crippen LogP contribution in [0.4, 0.5) is 13.2 Å². The summed E-state index contributed by atoms with van der Waals surface area (Å²) in [5.74, 6) is -0.712. The van der Waals surface area contributed by atoms with E-state index in [1.807, 2.05) is 24.0 Å². The Morgan fingerprint density at radius 2 is 1.89 bits per heavy atom. The molecular weight excluding hydrogens is 493 g/mol. The Kier molecular flexibility index (Phi) is 8.29. The van der Waals surface area contributed by atoms with Crippen molar-refractivity contribution in [3.05, 3.63) is 18.0 Å². The summed E-state index contributed by atoms with van der Waals surface area (Å²) in [6, 6.07) is -0.285. The Hall–Kier alpha value is -1.81. The van der Waals surface area contributed by atoms with Crippen molar-refractivity contribution in [3.63, 3.8) is 0 Å². The maximum atomic E-state index is 14.0. The molecule has 3 heterocycles. The van der Waals surface area contributed by atoms with Crippen LogP contribution in [0.25, 0.3) is 0 Å². The van der Waals surface area contributed by atoms with E-state index in [0.29, 0.717) is 56.2 Å². The minimum Gasteiger partial charge on any atom is -0.351 e. The first kappa shape index (κ1) is 27.7. The highest BCUT2D eigenvalue weighted by molar-refractivity contribution is 5.79. The molecule has 7 nitrogen and oxygen atoms in total. The van der Waals surface area contributed by atoms with Crippen molar-refractivity contribution in [2.24, 2.45) is 42.6 Å². The van der Waals surface area contributed by atoms with Gasteiger partial charge in [0.1, 0.15) is 0 Å². The highest BCUT2D eigenvalue weighted by Gasteiger charge is 2.50. The fourth-order valence-corrected chi connectivity index (χ4v) is 7.57. The Morgan fingerprint density at radius 1 is 1.11 bits per heavy atom. The maximum Gasteiger partial charge on any atom is 0.393 e. The molecule has 8 atom stereocenters. The highest BCUT2D eigenvalue weighted by atomic mass is 19.4. The summed E-state index contributed by atoms with van der Waals surface area (Å²) in [5.41, 5.74) is 0.364. The van der Waals surface area contributed by atoms with Crippen LogP contribution >= 0.6 is 0 Å². The van der Waals surface area contributed by atoms with Gasteiger partial charge in [0.2, 0.25) is 11.5 Å². The predicted octanol–water partition coefficient (Wildman–Crippen LogP) is 3.55. The van der Waals surface area contributed by atoms with E-state index in [4.69, 9.17) is 5.41 Å². The molecule has 10 heteroatoms. The molecule has 1 aromatic heterocycles. The van der Waals surface area contributed by atoms with E-state index in [9.17, 15) is 18.0 Å². The number of nitrogens with one attached hydrogen (secondary N) is 4. The number of rotatable bonds is 7. The Balaban J connectivity index is 1.35. The molecule has 0 aromatic carbocycles. The summed E-state index contributed by atoms with van der Waals surface area (Å²) in [6.45, 7) is 4.38. The molecule has 214 valence electrons. The standard InChI is InChI=1S/C28H45F3N6O/c1-17-7-9-33-23(12-17)25(19-5-6-19)35-26(38)21-14-18(16-37-11-10-36(2)27(37)32)13-20(15-21)24-22(28(29,30)31)4-3-8-34-24/h10-11,17-25,32-34H,3-9,12-16H2,1-2H3,(H,35,38). The summed E-state index contributed by atoms with van der Waals surface area (Å²) in [5, 5.41) is 18.6. The average Bonchev–Trinajstić information content (AvgIpc) is 3.68. The van der Waals surface area contributed by atoms with Crippen LogP contribution in [0.15, 0.2) is 12.4 Å². The van der Waals surface area contributed by atoms with Crippen LogP contribution in [0, 0.1) is 40.9 Å². The third-order valence-electron chi connectivity index (χ3n) is 9.75. The lowest BCUT2D eigenvalue weighted by molar-refractivity contribution is -0.194. The van der Waals surface area contributed by atoms with Gasteiger partial charge in [0, 0.05) is 50.0 Å². The van der Waals surface area contributed by atoms with E-state index in [1.165, 1.54) is 0 Å². The number of alkyl halides is 3. The predicted molar refractivity (Wildman–Crippen MR) is 139 cm³/mol. The first-order valence-electron chi connectivity index (χ1n) is 14.7. The minimum absolute atomic E-state index is 0.0140. The third-order valence-corrected chi connectivity index (χ3v) is 9.75. The molecule has 0 radical (unpaired) electrons. The number of amides is 1. The van der Waals surface area contributed by atoms with Crippen LogP contribution in [0.3, 0.4) is 0 Å². The van der Waals surface area contributed by atoms with E-state index in [0.717, 1.165) is 32.2 Å². The molecule has 38 heavy (non-hydrogen) atoms. The normalized spacial score (nSPS) is 35.6. The van der Waals surface area contributed by atoms with Crippen molar-refractivity contribution in [1.82, 2.24) is 25.1 Å². The molecule has 1 aromatic rings. The molecule has 0 spiro atoms. The Labute approximate surface area is 223 Å². The number of carbonyl (C=O) groups is 1. The average molecular weight is 539 g/mol. The molecular formula is C28H45F3N6O. The second-order valence-corrected chi connectivity index (χ2v) is 12.7. The zero-order valence-electron chi connectivity index (χ0n) is 22.8. The van der Waals surface area contributed by atoms with Gasteiger partial charge in [-0.25, -0.2) is 0 Å². The SMILES string of the molecule is CC1CCNC(C(NC(=O)C2CC(Cn3ccn(C)c3=N)CC(C3NCCCC3C(F)(F)F)C2)C2CC2)C1. The Morgan fingerprint density at radius 3 is 2.55 bits per heavy atom. The first-order chi connectivity index (χ1) is 18.1. The van der Waals surface area contributed by atoms with Crippen molar-refractivity contribution in [3.8, 4) is 0 Å². The number of aromatic nitrogens is 2. The van der Waals surface area contributed by atoms with Gasteiger partial charge in [-0.3, -0.25) is 10.2 Å². The zero-order chi connectivity index (χ0) is 27.0. The van der Waals surface area contributed by atoms with Gasteiger partial charge in [0.05, 0.1) is 5.92 Å². The van der Waals surface area contributed by atoms with Gasteiger partial charge in [0.25, 0.3) is 0 Å². The van der Waals surface area contributed by atoms with E-state index < -0.39 is 18.1 Å². The number of aryl methyl sites for hydroxylation is 1. The lowest BCUT2D eigenvalue weighted by Crippen LogP contribution is -2.56. The molecule has 4 N–H and O–H groups in total. The van der Waals surface area contributed by atoms with Crippen molar-refractivity contribution in [1.29, 1.82) is 5.41 Å². The molecule has 1 amide bonds. The summed E-state index contributed by atoms with van der Waals surface area (Å²) in [7, 11) is 1.82. The molecule has 4 fully saturated rings. The van der Waals surface area contributed by atoms with Gasteiger partial charge in [-0.05, 0) is 94.5 Å². The molecule has 8 unspecified atom stereocenters. The lowest BCUT2D eigenvalue weighted by atomic mass is 9.68. The Bertz CT molecular complexity index is 1020. The second-order valence-electron chi connectivity index (χ2n) is 12.7. The fourth-order valence-electron chi connectivity index (χ4n) is 7.57. The third kappa shape index (κ3) is 6.32. The smallest absolute Gasteiger partial charge is 0.351 e. The molecule has 5 rings (SSSR count). The minimum atomic E-state index is -4.24. The van der Waals surface area contributed by atoms with Crippen molar-refractivity contribution >= 4 is 5.91 Å². The van der Waals surface area contributed by atoms with Crippen molar-refractivity contribution in [2.45, 2.75) is 95.6 Å². The van der Waals surface area contributed by atoms with Gasteiger partial charge in [-0.2, -0.15) is 13.2 Å². The highest BCUT2D eigenvalue weighted by Crippen LogP contribution is 2.44. The van der Waals surface area contributed by atoms with Gasteiger partial charge < -0.3 is 25.1 Å². The lowest BCUT2D eigenvalue weighted by Gasteiger charge is -2.44. The number of carbonyl (C=O) groups excluding carboxylic acids is 1. The van der Waals surface area contributed by atoms with E-state index in [1.54, 1.807) is 4.57 Å². The number of hydrogen-bond donors (Lipinski definition) is 4. The van der Waals surface area contributed by atoms with Crippen molar-refractivity contribution < 1.29 is 18.0 Å². The molecule has 2 saturated carbocycles. The number of halogens is 3. The van der Waals surface area contributed by atoms with Crippen LogP contribution < -0.4 is 21.6 Å². The summed E-state index contributed by atoms with van der Waals surface area (Å²) < 4.78 is 45.7. The van der Waals surface area contributed by atoms with Gasteiger partial charge in [0.15, 0.2) is 0 Å². The van der Waals surface area contributed by atoms with Crippen molar-refractivity contribution in [2.75, 3.05) is 13.1 Å². The number of nitrogens with zero attached hydrogens (tertiary/aromatic N) is 2. The van der Waals surface area contributed by atoms with E-state index >= 15 is 0 Å². The summed E-state index contributed by atoms with van der Waals surface area (Å²) in [4.78, 5) is 13.8. The molecule has 2 saturated heterocycles. The monoisotopic (exact) mass is 538 g/mol. The molecule has 0 bridgehead atoms. The zero-order valence-corrected chi connectivity index (χ0v) is 22.8. The maximum absolute atomic E-state index is 14.0. The number of imidazole rings is 1. The van der Waals surface area contributed by atoms with E-state index in [2.05, 4.69) is 22.9 Å². The molecule has 2 aliphatic heterocycles. The first-order valence-corrected chi connectivity index (χ1v) is 14.7. The van der Waals surface area contributed by atoms with Crippen LogP contribution in [-0.2, 0) is 18.4 Å². The largest absolute Gasteiger partial charge is 0.393 e. The van der Waals surface area contributed by atoms with Gasteiger partial charge in [-0.15, -0.1) is 0 Å². The van der Waals surface area contributed by atoms with Crippen LogP contribution in [-0.4, -0.2) is 52.4 Å². The number of piperidine rings is 2. The van der Waals surface area contributed by atoms with Crippen LogP contribution in [0.1, 0.15) is 64.7 Å². The van der Waals surface area contributed by atoms with Gasteiger partial charge >= 0.3 is 6.18 Å². The summed E-state index contributed by atoms with van der Waals surface area (Å²) >= 11 is 0. The molecule has 2 aliphatic carbocycles. The fraction of sp³-hybridized carbons (Fsp3) is 0.857. The number of hydrogen-bond acceptors (Lipinski definition) is 4. The van der Waals surface area contributed by atoms with Gasteiger partial charge in [-0.1, -0.05) is 6.92 Å². The van der Waals surface area contributed by atoms with Crippen LogP contribution in [0.2, 0.25) is 0 Å². The summed E-state index contributed by atoms with van der Waals surface area (Å²) in [6.07, 6.45) is 6.36. The second kappa shape index (κ2) is 11.4. The topological polar surface area (TPSA) is 86.9 Å². The van der Waals surface area contributed by atoms with Crippen LogP contribution in [0.5, 0.6) is 0 Å². The quantitative estimate of drug-likeness (QED) is 0.428. The molecule has 4 aliphatic rings.